The summed E-state index contributed by atoms with van der Waals surface area (Å²) < 4.78 is 1.15. The van der Waals surface area contributed by atoms with Crippen molar-refractivity contribution in [2.24, 2.45) is 5.92 Å². The molecule has 1 fully saturated rings. The number of likely N-dealkylation sites (N-methyl/N-ethyl adjacent to an activating group) is 1. The highest BCUT2D eigenvalue weighted by Gasteiger charge is 2.24. The molecule has 3 nitrogen and oxygen atoms in total. The second-order valence-corrected chi connectivity index (χ2v) is 6.95. The quantitative estimate of drug-likeness (QED) is 0.923. The topological polar surface area (TPSA) is 32.3 Å². The van der Waals surface area contributed by atoms with E-state index in [9.17, 15) is 4.79 Å². The first kappa shape index (κ1) is 13.1. The number of hydrogen-bond acceptors (Lipinski definition) is 3. The third kappa shape index (κ3) is 3.53. The van der Waals surface area contributed by atoms with Crippen LogP contribution in [0.5, 0.6) is 0 Å². The molecule has 2 rings (SSSR count). The van der Waals surface area contributed by atoms with Crippen LogP contribution < -0.4 is 5.32 Å². The third-order valence-corrected chi connectivity index (χ3v) is 4.79. The van der Waals surface area contributed by atoms with Gasteiger partial charge in [-0.3, -0.25) is 4.79 Å². The summed E-state index contributed by atoms with van der Waals surface area (Å²) in [6.45, 7) is 2.62. The van der Waals surface area contributed by atoms with Crippen molar-refractivity contribution in [2.45, 2.75) is 12.8 Å². The Morgan fingerprint density at radius 1 is 1.65 bits per heavy atom. The van der Waals surface area contributed by atoms with Gasteiger partial charge in [0.2, 0.25) is 5.91 Å². The zero-order chi connectivity index (χ0) is 12.3. The maximum atomic E-state index is 12.1. The summed E-state index contributed by atoms with van der Waals surface area (Å²) in [4.78, 5) is 15.2. The number of hydrogen-bond donors (Lipinski definition) is 1. The first-order valence-electron chi connectivity index (χ1n) is 5.86. The first-order chi connectivity index (χ1) is 8.16. The van der Waals surface area contributed by atoms with E-state index in [1.54, 1.807) is 11.3 Å². The smallest absolute Gasteiger partial charge is 0.226 e. The van der Waals surface area contributed by atoms with Crippen molar-refractivity contribution >= 4 is 33.2 Å². The van der Waals surface area contributed by atoms with E-state index >= 15 is 0 Å². The first-order valence-corrected chi connectivity index (χ1v) is 7.47. The number of nitrogens with one attached hydrogen (secondary N) is 1. The average molecular weight is 317 g/mol. The Morgan fingerprint density at radius 3 is 3.06 bits per heavy atom. The van der Waals surface area contributed by atoms with Gasteiger partial charge < -0.3 is 10.2 Å². The lowest BCUT2D eigenvalue weighted by Crippen LogP contribution is -2.35. The van der Waals surface area contributed by atoms with E-state index in [1.807, 2.05) is 11.9 Å². The molecule has 1 aromatic rings. The van der Waals surface area contributed by atoms with Crippen LogP contribution in [0.3, 0.4) is 0 Å². The second-order valence-electron chi connectivity index (χ2n) is 4.41. The van der Waals surface area contributed by atoms with Gasteiger partial charge in [-0.25, -0.2) is 0 Å². The highest BCUT2D eigenvalue weighted by Crippen LogP contribution is 2.22. The van der Waals surface area contributed by atoms with Gasteiger partial charge in [-0.05, 0) is 47.4 Å². The molecule has 1 aliphatic rings. The van der Waals surface area contributed by atoms with Crippen LogP contribution in [0.2, 0.25) is 0 Å². The van der Waals surface area contributed by atoms with E-state index in [0.717, 1.165) is 36.3 Å². The fourth-order valence-electron chi connectivity index (χ4n) is 2.05. The molecular formula is C12H17BrN2OS. The zero-order valence-electron chi connectivity index (χ0n) is 9.91. The van der Waals surface area contributed by atoms with E-state index in [1.165, 1.54) is 4.88 Å². The molecule has 0 bridgehead atoms. The lowest BCUT2D eigenvalue weighted by atomic mass is 10.1. The summed E-state index contributed by atoms with van der Waals surface area (Å²) in [5.74, 6) is 0.473. The van der Waals surface area contributed by atoms with Crippen molar-refractivity contribution in [3.63, 3.8) is 0 Å². The molecule has 94 valence electrons. The summed E-state index contributed by atoms with van der Waals surface area (Å²) in [5.41, 5.74) is 0. The summed E-state index contributed by atoms with van der Waals surface area (Å²) in [7, 11) is 1.91. The monoisotopic (exact) mass is 316 g/mol. The minimum atomic E-state index is 0.190. The zero-order valence-corrected chi connectivity index (χ0v) is 12.3. The molecule has 1 atom stereocenters. The van der Waals surface area contributed by atoms with E-state index in [0.29, 0.717) is 0 Å². The Labute approximate surface area is 114 Å². The number of nitrogens with zero attached hydrogens (tertiary/aromatic N) is 1. The molecule has 5 heteroatoms. The third-order valence-electron chi connectivity index (χ3n) is 3.11. The minimum Gasteiger partial charge on any atom is -0.345 e. The highest BCUT2D eigenvalue weighted by atomic mass is 79.9. The maximum absolute atomic E-state index is 12.1. The fourth-order valence-corrected chi connectivity index (χ4v) is 3.52. The Hall–Kier alpha value is -0.390. The van der Waals surface area contributed by atoms with Crippen molar-refractivity contribution < 1.29 is 4.79 Å². The number of halogens is 1. The van der Waals surface area contributed by atoms with Crippen molar-refractivity contribution in [1.82, 2.24) is 10.2 Å². The Bertz CT molecular complexity index is 388. The molecule has 2 heterocycles. The predicted octanol–water partition coefficient (Wildman–Crippen LogP) is 2.12. The number of carbonyl (C=O) groups is 1. The van der Waals surface area contributed by atoms with Crippen LogP contribution in [0.4, 0.5) is 0 Å². The van der Waals surface area contributed by atoms with Gasteiger partial charge in [-0.15, -0.1) is 11.3 Å². The van der Waals surface area contributed by atoms with Gasteiger partial charge in [0.25, 0.3) is 0 Å². The molecule has 1 N–H and O–H groups in total. The van der Waals surface area contributed by atoms with E-state index in [4.69, 9.17) is 0 Å². The summed E-state index contributed by atoms with van der Waals surface area (Å²) in [5, 5.41) is 3.23. The Kier molecular flexibility index (Phi) is 4.59. The summed E-state index contributed by atoms with van der Waals surface area (Å²) in [6.07, 6.45) is 1.92. The lowest BCUT2D eigenvalue weighted by Gasteiger charge is -2.20. The number of thiophene rings is 1. The van der Waals surface area contributed by atoms with Gasteiger partial charge in [0.1, 0.15) is 0 Å². The van der Waals surface area contributed by atoms with Gasteiger partial charge in [0.15, 0.2) is 0 Å². The normalized spacial score (nSPS) is 19.5. The molecule has 0 aliphatic carbocycles. The van der Waals surface area contributed by atoms with Gasteiger partial charge >= 0.3 is 0 Å². The van der Waals surface area contributed by atoms with Crippen LogP contribution >= 0.6 is 27.3 Å². The largest absolute Gasteiger partial charge is 0.345 e. The standard InChI is InChI=1S/C12H17BrN2OS/c1-15(12(16)9-4-6-14-8-9)7-5-10-2-3-11(13)17-10/h2-3,9,14H,4-8H2,1H3. The van der Waals surface area contributed by atoms with Gasteiger partial charge in [-0.2, -0.15) is 0 Å². The van der Waals surface area contributed by atoms with Crippen molar-refractivity contribution in [1.29, 1.82) is 0 Å². The van der Waals surface area contributed by atoms with Crippen LogP contribution in [0.15, 0.2) is 15.9 Å². The molecule has 0 saturated carbocycles. The van der Waals surface area contributed by atoms with E-state index in [2.05, 4.69) is 33.4 Å². The number of carbonyl (C=O) groups excluding carboxylic acids is 1. The van der Waals surface area contributed by atoms with E-state index < -0.39 is 0 Å². The second kappa shape index (κ2) is 5.98. The molecule has 1 amide bonds. The van der Waals surface area contributed by atoms with Crippen LogP contribution in [0.1, 0.15) is 11.3 Å². The van der Waals surface area contributed by atoms with Crippen LogP contribution in [0, 0.1) is 5.92 Å². The van der Waals surface area contributed by atoms with Crippen LogP contribution in [0.25, 0.3) is 0 Å². The Balaban J connectivity index is 1.80. The van der Waals surface area contributed by atoms with Crippen molar-refractivity contribution in [3.05, 3.63) is 20.8 Å². The van der Waals surface area contributed by atoms with Gasteiger partial charge in [-0.1, -0.05) is 0 Å². The van der Waals surface area contributed by atoms with Gasteiger partial charge in [0, 0.05) is 25.0 Å². The SMILES string of the molecule is CN(CCc1ccc(Br)s1)C(=O)C1CCNC1. The minimum absolute atomic E-state index is 0.190. The molecule has 17 heavy (non-hydrogen) atoms. The highest BCUT2D eigenvalue weighted by molar-refractivity contribution is 9.11. The Morgan fingerprint density at radius 2 is 2.47 bits per heavy atom. The van der Waals surface area contributed by atoms with E-state index in [-0.39, 0.29) is 11.8 Å². The number of amides is 1. The van der Waals surface area contributed by atoms with Gasteiger partial charge in [0.05, 0.1) is 9.70 Å². The molecule has 0 aromatic carbocycles. The molecule has 1 unspecified atom stereocenters. The molecule has 0 spiro atoms. The van der Waals surface area contributed by atoms with Crippen molar-refractivity contribution in [3.8, 4) is 0 Å². The van der Waals surface area contributed by atoms with Crippen LogP contribution in [-0.2, 0) is 11.2 Å². The molecule has 1 aliphatic heterocycles. The predicted molar refractivity (Wildman–Crippen MR) is 74.3 cm³/mol. The molecule has 1 saturated heterocycles. The fraction of sp³-hybridized carbons (Fsp3) is 0.583. The molecule has 0 radical (unpaired) electrons. The molecule has 1 aromatic heterocycles. The average Bonchev–Trinajstić information content (AvgIpc) is 2.95. The summed E-state index contributed by atoms with van der Waals surface area (Å²) in [6, 6.07) is 4.17. The lowest BCUT2D eigenvalue weighted by molar-refractivity contribution is -0.133. The maximum Gasteiger partial charge on any atom is 0.226 e. The number of rotatable bonds is 4. The van der Waals surface area contributed by atoms with Crippen molar-refractivity contribution in [2.75, 3.05) is 26.7 Å². The summed E-state index contributed by atoms with van der Waals surface area (Å²) >= 11 is 5.19. The van der Waals surface area contributed by atoms with Crippen LogP contribution in [-0.4, -0.2) is 37.5 Å². The molecular weight excluding hydrogens is 300 g/mol.